The molecule has 2 heterocycles. The predicted octanol–water partition coefficient (Wildman–Crippen LogP) is 4.65. The summed E-state index contributed by atoms with van der Waals surface area (Å²) in [5.41, 5.74) is 1.11. The lowest BCUT2D eigenvalue weighted by atomic mass is 9.94. The number of esters is 1. The number of aliphatic hydroxyl groups is 1. The van der Waals surface area contributed by atoms with Crippen LogP contribution in [0.25, 0.3) is 5.76 Å². The number of anilines is 1. The van der Waals surface area contributed by atoms with Crippen LogP contribution in [-0.4, -0.2) is 46.4 Å². The number of methoxy groups -OCH3 is 1. The Morgan fingerprint density at radius 2 is 1.92 bits per heavy atom. The van der Waals surface area contributed by atoms with Gasteiger partial charge in [-0.15, -0.1) is 0 Å². The summed E-state index contributed by atoms with van der Waals surface area (Å²) < 4.78 is 10.4. The van der Waals surface area contributed by atoms with Crippen molar-refractivity contribution in [2.24, 2.45) is 0 Å². The molecule has 3 aromatic rings. The van der Waals surface area contributed by atoms with Gasteiger partial charge in [-0.2, -0.15) is 0 Å². The van der Waals surface area contributed by atoms with Gasteiger partial charge in [0.05, 0.1) is 29.3 Å². The van der Waals surface area contributed by atoms with Crippen molar-refractivity contribution < 1.29 is 33.9 Å². The number of nitrogens with zero attached hydrogens (tertiary/aromatic N) is 3. The number of carbonyl (C=O) groups excluding carboxylic acids is 3. The maximum atomic E-state index is 13.4. The summed E-state index contributed by atoms with van der Waals surface area (Å²) in [5.74, 6) is -2.51. The number of Topliss-reactive ketones (excluding diaryl/α,β-unsaturated/α-hetero) is 1. The van der Waals surface area contributed by atoms with Crippen LogP contribution in [-0.2, 0) is 14.3 Å². The Hall–Kier alpha value is -4.84. The molecule has 0 spiro atoms. The molecule has 39 heavy (non-hydrogen) atoms. The normalized spacial score (nSPS) is 16.3. The highest BCUT2D eigenvalue weighted by atomic mass is 32.1. The van der Waals surface area contributed by atoms with Crippen LogP contribution in [0, 0.1) is 24.0 Å². The average molecular weight is 550 g/mol. The Morgan fingerprint density at radius 3 is 2.51 bits per heavy atom. The summed E-state index contributed by atoms with van der Waals surface area (Å²) in [6.07, 6.45) is 1.41. The lowest BCUT2D eigenvalue weighted by Crippen LogP contribution is -2.29. The maximum Gasteiger partial charge on any atom is 0.350 e. The molecule has 12 heteroatoms. The number of benzene rings is 2. The molecule has 1 atom stereocenters. The van der Waals surface area contributed by atoms with Gasteiger partial charge in [0.25, 0.3) is 11.5 Å². The van der Waals surface area contributed by atoms with E-state index in [9.17, 15) is 29.6 Å². The third kappa shape index (κ3) is 5.01. The highest BCUT2D eigenvalue weighted by Gasteiger charge is 2.48. The van der Waals surface area contributed by atoms with Crippen LogP contribution in [0.3, 0.4) is 0 Å². The topological polar surface area (TPSA) is 149 Å². The van der Waals surface area contributed by atoms with Crippen LogP contribution in [0.15, 0.2) is 60.7 Å². The number of thiazole rings is 1. The number of rotatable bonds is 8. The lowest BCUT2D eigenvalue weighted by molar-refractivity contribution is -0.384. The molecule has 11 nitrogen and oxygen atoms in total. The molecular weight excluding hydrogens is 526 g/mol. The second kappa shape index (κ2) is 10.9. The molecule has 0 aliphatic carbocycles. The standard InChI is InChI=1S/C27H23N3O8S/c1-5-12-38-26(34)24-15(3)28-27(39-24)29-21(16-6-9-18(10-7-16)30(35)36)20(23(32)25(29)33)22(31)17-8-11-19(37-4)14(2)13-17/h5-11,13,21,31H,1,12H2,2-4H3/b22-20+/t21-/m0/s1. The first-order valence-electron chi connectivity index (χ1n) is 11.5. The summed E-state index contributed by atoms with van der Waals surface area (Å²) in [7, 11) is 1.50. The molecule has 200 valence electrons. The third-order valence-corrected chi connectivity index (χ3v) is 7.18. The number of ketones is 1. The number of amides is 1. The van der Waals surface area contributed by atoms with Crippen LogP contribution in [0.1, 0.15) is 38.1 Å². The van der Waals surface area contributed by atoms with Gasteiger partial charge in [-0.05, 0) is 55.3 Å². The smallest absolute Gasteiger partial charge is 0.350 e. The van der Waals surface area contributed by atoms with Gasteiger partial charge in [0.15, 0.2) is 5.13 Å². The maximum absolute atomic E-state index is 13.4. The van der Waals surface area contributed by atoms with E-state index in [1.165, 1.54) is 37.5 Å². The number of hydrogen-bond acceptors (Lipinski definition) is 10. The molecule has 0 radical (unpaired) electrons. The van der Waals surface area contributed by atoms with Gasteiger partial charge >= 0.3 is 11.9 Å². The second-order valence-electron chi connectivity index (χ2n) is 8.50. The first-order valence-corrected chi connectivity index (χ1v) is 12.4. The number of aryl methyl sites for hydroxylation is 2. The Labute approximate surface area is 226 Å². The van der Waals surface area contributed by atoms with Gasteiger partial charge in [-0.3, -0.25) is 24.6 Å². The largest absolute Gasteiger partial charge is 0.507 e. The fraction of sp³-hybridized carbons (Fsp3) is 0.185. The Balaban J connectivity index is 1.90. The van der Waals surface area contributed by atoms with Gasteiger partial charge in [-0.1, -0.05) is 24.0 Å². The summed E-state index contributed by atoms with van der Waals surface area (Å²) in [6.45, 7) is 6.79. The molecule has 4 rings (SSSR count). The third-order valence-electron chi connectivity index (χ3n) is 6.04. The van der Waals surface area contributed by atoms with E-state index in [1.807, 2.05) is 0 Å². The first kappa shape index (κ1) is 27.2. The second-order valence-corrected chi connectivity index (χ2v) is 9.48. The lowest BCUT2D eigenvalue weighted by Gasteiger charge is -2.23. The number of nitro benzene ring substituents is 1. The van der Waals surface area contributed by atoms with Crippen LogP contribution in [0.4, 0.5) is 10.8 Å². The van der Waals surface area contributed by atoms with Gasteiger partial charge in [0, 0.05) is 17.7 Å². The van der Waals surface area contributed by atoms with Crippen molar-refractivity contribution in [3.05, 3.63) is 98.1 Å². The number of aliphatic hydroxyl groups excluding tert-OH is 1. The number of nitro groups is 1. The van der Waals surface area contributed by atoms with E-state index in [0.29, 0.717) is 16.9 Å². The van der Waals surface area contributed by atoms with Crippen molar-refractivity contribution in [2.45, 2.75) is 19.9 Å². The van der Waals surface area contributed by atoms with Crippen LogP contribution < -0.4 is 9.64 Å². The highest BCUT2D eigenvalue weighted by molar-refractivity contribution is 7.17. The molecular formula is C27H23N3O8S. The van der Waals surface area contributed by atoms with E-state index in [4.69, 9.17) is 9.47 Å². The minimum atomic E-state index is -1.18. The summed E-state index contributed by atoms with van der Waals surface area (Å²) in [6, 6.07) is 8.85. The molecule has 1 aliphatic heterocycles. The van der Waals surface area contributed by atoms with E-state index in [-0.39, 0.29) is 39.1 Å². The molecule has 1 saturated heterocycles. The molecule has 1 N–H and O–H groups in total. The quantitative estimate of drug-likeness (QED) is 0.0806. The van der Waals surface area contributed by atoms with Crippen LogP contribution >= 0.6 is 11.3 Å². The van der Waals surface area contributed by atoms with E-state index < -0.39 is 34.4 Å². The number of ether oxygens (including phenoxy) is 2. The molecule has 1 amide bonds. The molecule has 1 aromatic heterocycles. The number of non-ortho nitro benzene ring substituents is 1. The van der Waals surface area contributed by atoms with E-state index >= 15 is 0 Å². The van der Waals surface area contributed by atoms with Gasteiger partial charge < -0.3 is 14.6 Å². The number of hydrogen-bond donors (Lipinski definition) is 1. The van der Waals surface area contributed by atoms with Crippen molar-refractivity contribution in [1.29, 1.82) is 0 Å². The predicted molar refractivity (Wildman–Crippen MR) is 143 cm³/mol. The van der Waals surface area contributed by atoms with E-state index in [2.05, 4.69) is 11.6 Å². The van der Waals surface area contributed by atoms with Crippen molar-refractivity contribution in [3.63, 3.8) is 0 Å². The van der Waals surface area contributed by atoms with Crippen molar-refractivity contribution >= 4 is 45.6 Å². The zero-order valence-corrected chi connectivity index (χ0v) is 22.0. The molecule has 0 unspecified atom stereocenters. The fourth-order valence-corrected chi connectivity index (χ4v) is 5.17. The van der Waals surface area contributed by atoms with E-state index in [1.54, 1.807) is 32.0 Å². The summed E-state index contributed by atoms with van der Waals surface area (Å²) >= 11 is 0.848. The average Bonchev–Trinajstić information content (AvgIpc) is 3.43. The minimum absolute atomic E-state index is 0.0217. The van der Waals surface area contributed by atoms with Gasteiger partial charge in [-0.25, -0.2) is 9.78 Å². The molecule has 2 aromatic carbocycles. The number of carbonyl (C=O) groups is 3. The van der Waals surface area contributed by atoms with Crippen molar-refractivity contribution in [2.75, 3.05) is 18.6 Å². The van der Waals surface area contributed by atoms with Crippen molar-refractivity contribution in [3.8, 4) is 5.75 Å². The minimum Gasteiger partial charge on any atom is -0.507 e. The SMILES string of the molecule is C=CCOC(=O)c1sc(N2C(=O)C(=O)/C(=C(/O)c3ccc(OC)c(C)c3)[C@@H]2c2ccc([N+](=O)[O-])cc2)nc1C. The number of aromatic nitrogens is 1. The first-order chi connectivity index (χ1) is 18.6. The molecule has 1 fully saturated rings. The van der Waals surface area contributed by atoms with Gasteiger partial charge in [0.1, 0.15) is 23.0 Å². The van der Waals surface area contributed by atoms with E-state index in [0.717, 1.165) is 16.2 Å². The monoisotopic (exact) mass is 549 g/mol. The zero-order chi connectivity index (χ0) is 28.4. The summed E-state index contributed by atoms with van der Waals surface area (Å²) in [4.78, 5) is 55.4. The Morgan fingerprint density at radius 1 is 1.23 bits per heavy atom. The van der Waals surface area contributed by atoms with Crippen LogP contribution in [0.5, 0.6) is 5.75 Å². The van der Waals surface area contributed by atoms with Gasteiger partial charge in [0.2, 0.25) is 0 Å². The Kier molecular flexibility index (Phi) is 7.58. The highest BCUT2D eigenvalue weighted by Crippen LogP contribution is 2.44. The molecule has 0 saturated carbocycles. The Bertz CT molecular complexity index is 1540. The molecule has 1 aliphatic rings. The molecule has 0 bridgehead atoms. The van der Waals surface area contributed by atoms with Crippen molar-refractivity contribution in [1.82, 2.24) is 4.98 Å². The van der Waals surface area contributed by atoms with Crippen LogP contribution in [0.2, 0.25) is 0 Å². The fourth-order valence-electron chi connectivity index (χ4n) is 4.18. The summed E-state index contributed by atoms with van der Waals surface area (Å²) in [5, 5.41) is 22.5. The zero-order valence-electron chi connectivity index (χ0n) is 21.2.